The van der Waals surface area contributed by atoms with Gasteiger partial charge in [-0.3, -0.25) is 9.59 Å². The number of amides is 2. The average Bonchev–Trinajstić information content (AvgIpc) is 4.47. The van der Waals surface area contributed by atoms with Crippen LogP contribution in [-0.4, -0.2) is 115 Å². The summed E-state index contributed by atoms with van der Waals surface area (Å²) in [7, 11) is -4.34. The molecule has 0 spiro atoms. The van der Waals surface area contributed by atoms with Crippen LogP contribution in [0.5, 0.6) is 23.0 Å². The van der Waals surface area contributed by atoms with E-state index in [0.717, 1.165) is 35.1 Å². The van der Waals surface area contributed by atoms with E-state index in [1.807, 2.05) is 54.6 Å². The zero-order valence-electron chi connectivity index (χ0n) is 44.9. The number of hydrogen-bond acceptors (Lipinski definition) is 14. The maximum absolute atomic E-state index is 13.6. The van der Waals surface area contributed by atoms with Crippen LogP contribution in [0.3, 0.4) is 0 Å². The van der Waals surface area contributed by atoms with Crippen LogP contribution in [0.25, 0.3) is 22.5 Å². The third kappa shape index (κ3) is 11.9. The molecule has 5 N–H and O–H groups in total. The van der Waals surface area contributed by atoms with Gasteiger partial charge in [-0.1, -0.05) is 78.9 Å². The largest absolute Gasteiger partial charge is 0.504 e. The number of carbonyl (C=O) groups excluding carboxylic acids is 2. The maximum atomic E-state index is 13.6. The zero-order chi connectivity index (χ0) is 56.9. The summed E-state index contributed by atoms with van der Waals surface area (Å²) in [6.07, 6.45) is 5.49. The van der Waals surface area contributed by atoms with E-state index in [0.29, 0.717) is 104 Å². The third-order valence-electron chi connectivity index (χ3n) is 15.6. The van der Waals surface area contributed by atoms with Crippen molar-refractivity contribution in [1.29, 1.82) is 0 Å². The number of aliphatic hydroxyl groups excluding tert-OH is 2. The number of nitrogens with zero attached hydrogens (tertiary/aromatic N) is 4. The highest BCUT2D eigenvalue weighted by Gasteiger charge is 2.53. The number of aromatic hydroxyl groups is 1. The topological polar surface area (TPSA) is 247 Å². The van der Waals surface area contributed by atoms with Gasteiger partial charge in [-0.15, -0.1) is 0 Å². The molecule has 2 aromatic heterocycles. The van der Waals surface area contributed by atoms with Gasteiger partial charge in [0.05, 0.1) is 59.4 Å². The highest BCUT2D eigenvalue weighted by Crippen LogP contribution is 2.52. The van der Waals surface area contributed by atoms with Gasteiger partial charge in [-0.2, -0.15) is 8.61 Å². The van der Waals surface area contributed by atoms with Crippen molar-refractivity contribution >= 4 is 43.5 Å². The van der Waals surface area contributed by atoms with Gasteiger partial charge in [0.25, 0.3) is 0 Å². The minimum absolute atomic E-state index is 0.0127. The molecule has 5 aromatic carbocycles. The van der Waals surface area contributed by atoms with Crippen LogP contribution in [0.2, 0.25) is 0 Å². The van der Waals surface area contributed by atoms with Gasteiger partial charge in [-0.25, -0.2) is 26.8 Å². The molecule has 0 radical (unpaired) electrons. The van der Waals surface area contributed by atoms with Crippen molar-refractivity contribution in [2.45, 2.75) is 90.7 Å². The number of nitrogens with one attached hydrogen (secondary N) is 2. The number of carbonyl (C=O) groups is 2. The Balaban J connectivity index is 0.000000185. The molecule has 2 aliphatic carbocycles. The summed E-state index contributed by atoms with van der Waals surface area (Å²) in [5.74, 6) is 1.96. The number of aromatic nitrogens is 2. The Labute approximate surface area is 471 Å². The lowest BCUT2D eigenvalue weighted by Crippen LogP contribution is -2.37. The molecule has 0 bridgehead atoms. The molecule has 11 rings (SSSR count). The van der Waals surface area contributed by atoms with Crippen molar-refractivity contribution in [2.75, 3.05) is 51.2 Å². The smallest absolute Gasteiger partial charge is 0.243 e. The van der Waals surface area contributed by atoms with E-state index in [4.69, 9.17) is 14.2 Å². The molecule has 0 unspecified atom stereocenters. The Morgan fingerprint density at radius 2 is 1.02 bits per heavy atom. The summed E-state index contributed by atoms with van der Waals surface area (Å²) >= 11 is 0. The summed E-state index contributed by atoms with van der Waals surface area (Å²) in [6.45, 7) is 0.795. The molecule has 4 aliphatic rings. The number of phenols is 1. The average molecular weight is 1140 g/mol. The van der Waals surface area contributed by atoms with E-state index >= 15 is 0 Å². The van der Waals surface area contributed by atoms with E-state index in [1.165, 1.54) is 15.7 Å². The molecule has 2 amide bonds. The Hall–Kier alpha value is -7.72. The molecule has 2 saturated carbocycles. The maximum Gasteiger partial charge on any atom is 0.243 e. The summed E-state index contributed by atoms with van der Waals surface area (Å²) in [6, 6.07) is 43.3. The van der Waals surface area contributed by atoms with Crippen molar-refractivity contribution in [3.63, 3.8) is 0 Å². The number of aliphatic hydroxyl groups is 2. The van der Waals surface area contributed by atoms with Crippen LogP contribution in [-0.2, 0) is 47.1 Å². The zero-order valence-corrected chi connectivity index (χ0v) is 46.5. The van der Waals surface area contributed by atoms with Gasteiger partial charge in [-0.05, 0) is 141 Å². The van der Waals surface area contributed by atoms with Crippen LogP contribution in [0, 0.1) is 0 Å². The second-order valence-corrected chi connectivity index (χ2v) is 24.4. The molecule has 422 valence electrons. The van der Waals surface area contributed by atoms with Crippen molar-refractivity contribution in [1.82, 2.24) is 18.6 Å². The predicted molar refractivity (Wildman–Crippen MR) is 305 cm³/mol. The van der Waals surface area contributed by atoms with Gasteiger partial charge in [0, 0.05) is 36.3 Å². The van der Waals surface area contributed by atoms with Crippen molar-refractivity contribution in [2.24, 2.45) is 0 Å². The number of phenolic OH excluding ortho intramolecular Hbond substituents is 1. The van der Waals surface area contributed by atoms with Crippen LogP contribution in [0.4, 0.5) is 11.6 Å². The highest BCUT2D eigenvalue weighted by molar-refractivity contribution is 7.89. The van der Waals surface area contributed by atoms with E-state index < -0.39 is 30.9 Å². The second kappa shape index (κ2) is 23.8. The van der Waals surface area contributed by atoms with E-state index in [9.17, 15) is 41.7 Å². The SMILES string of the molecule is COc1ccc(C2(C(=O)Nc3cccc(-c4ccc(S(=O)(=O)N5CCC[C@@H]5CO)cc4)n3)CC2)cc1O.COc1ccc(C2(C(=O)Nc3cccc(-c4ccc(S(=O)(=O)N5CCC[C@@H]5CO)cc4)n3)CC2)cc1OCc1ccccc1. The Bertz CT molecular complexity index is 3640. The van der Waals surface area contributed by atoms with Gasteiger partial charge in [0.1, 0.15) is 18.2 Å². The first kappa shape index (κ1) is 56.6. The number of ether oxygens (including phenoxy) is 3. The molecule has 2 atom stereocenters. The molecular formula is C61H64N6O12S2. The number of rotatable bonds is 19. The van der Waals surface area contributed by atoms with E-state index in [1.54, 1.807) is 104 Å². The lowest BCUT2D eigenvalue weighted by molar-refractivity contribution is -0.119. The first-order valence-electron chi connectivity index (χ1n) is 26.9. The number of pyridine rings is 2. The number of methoxy groups -OCH3 is 2. The third-order valence-corrected chi connectivity index (χ3v) is 19.5. The summed E-state index contributed by atoms with van der Waals surface area (Å²) in [5, 5.41) is 35.2. The predicted octanol–water partition coefficient (Wildman–Crippen LogP) is 8.43. The van der Waals surface area contributed by atoms with Crippen molar-refractivity contribution in [3.8, 4) is 45.5 Å². The molecule has 4 fully saturated rings. The standard InChI is InChI=1S/C34H35N3O6S.C27H29N3O6S/c1-42-30-17-14-26(21-31(30)43-23-24-7-3-2-4-8-24)34(18-19-34)33(39)36-32-11-5-10-29(35-32)25-12-15-28(16-13-25)44(40,41)37-20-6-9-27(37)22-38;1-36-24-12-9-19(16-23(24)32)27(13-14-27)26(33)29-25-6-2-5-22(28-25)18-7-10-21(11-8-18)37(34,35)30-15-3-4-20(30)17-31/h2-5,7-8,10-17,21,27,38H,6,9,18-20,22-23H2,1H3,(H,35,36,39);2,5-12,16,20,31-32H,3-4,13-15,17H2,1H3,(H,28,29,33)/t27-;20-/m11/s1. The number of benzene rings is 5. The quantitative estimate of drug-likeness (QED) is 0.0510. The highest BCUT2D eigenvalue weighted by atomic mass is 32.2. The number of sulfonamides is 2. The summed E-state index contributed by atoms with van der Waals surface area (Å²) in [4.78, 5) is 36.4. The van der Waals surface area contributed by atoms with Gasteiger partial charge in [0.15, 0.2) is 23.0 Å². The van der Waals surface area contributed by atoms with Gasteiger partial charge >= 0.3 is 0 Å². The fourth-order valence-electron chi connectivity index (χ4n) is 10.6. The Morgan fingerprint density at radius 1 is 0.568 bits per heavy atom. The molecule has 4 heterocycles. The summed E-state index contributed by atoms with van der Waals surface area (Å²) < 4.78 is 71.8. The summed E-state index contributed by atoms with van der Waals surface area (Å²) in [5.41, 5.74) is 3.81. The monoisotopic (exact) mass is 1140 g/mol. The van der Waals surface area contributed by atoms with E-state index in [-0.39, 0.29) is 52.7 Å². The molecule has 2 aliphatic heterocycles. The van der Waals surface area contributed by atoms with Crippen LogP contribution < -0.4 is 24.8 Å². The van der Waals surface area contributed by atoms with Gasteiger partial charge in [0.2, 0.25) is 31.9 Å². The van der Waals surface area contributed by atoms with Gasteiger partial charge < -0.3 is 40.2 Å². The molecule has 7 aromatic rings. The second-order valence-electron chi connectivity index (χ2n) is 20.7. The van der Waals surface area contributed by atoms with Crippen LogP contribution in [0.15, 0.2) is 161 Å². The normalized spacial score (nSPS) is 18.2. The molecule has 18 nitrogen and oxygen atoms in total. The first-order chi connectivity index (χ1) is 39.1. The van der Waals surface area contributed by atoms with Crippen LogP contribution >= 0.6 is 0 Å². The molecule has 2 saturated heterocycles. The Morgan fingerprint density at radius 3 is 1.46 bits per heavy atom. The lowest BCUT2D eigenvalue weighted by Gasteiger charge is -2.22. The first-order valence-corrected chi connectivity index (χ1v) is 29.8. The molecule has 20 heteroatoms. The minimum Gasteiger partial charge on any atom is -0.504 e. The minimum atomic E-state index is -3.71. The fraction of sp³-hybridized carbons (Fsp3) is 0.311. The lowest BCUT2D eigenvalue weighted by atomic mass is 9.94. The molecular weight excluding hydrogens is 1070 g/mol. The number of anilines is 2. The number of hydrogen-bond donors (Lipinski definition) is 5. The molecule has 81 heavy (non-hydrogen) atoms. The van der Waals surface area contributed by atoms with E-state index in [2.05, 4.69) is 20.6 Å². The van der Waals surface area contributed by atoms with Crippen molar-refractivity contribution < 1.29 is 56.0 Å². The van der Waals surface area contributed by atoms with Crippen molar-refractivity contribution in [3.05, 3.63) is 168 Å². The van der Waals surface area contributed by atoms with Crippen LogP contribution in [0.1, 0.15) is 68.1 Å². The fourth-order valence-corrected chi connectivity index (χ4v) is 14.0. The Kier molecular flexibility index (Phi) is 16.6.